The molecule has 0 unspecified atom stereocenters. The van der Waals surface area contributed by atoms with E-state index in [1.54, 1.807) is 0 Å². The molecule has 1 atom stereocenters. The van der Waals surface area contributed by atoms with Gasteiger partial charge in [-0.25, -0.2) is 0 Å². The largest absolute Gasteiger partial charge is 0.393 e. The van der Waals surface area contributed by atoms with Gasteiger partial charge < -0.3 is 15.3 Å². The van der Waals surface area contributed by atoms with Crippen LogP contribution in [0, 0.1) is 5.92 Å². The molecular weight excluding hydrogens is 312 g/mol. The van der Waals surface area contributed by atoms with Gasteiger partial charge in [0.25, 0.3) is 5.91 Å². The van der Waals surface area contributed by atoms with E-state index in [9.17, 15) is 9.90 Å². The summed E-state index contributed by atoms with van der Waals surface area (Å²) in [6.45, 7) is 0. The van der Waals surface area contributed by atoms with Gasteiger partial charge in [-0.2, -0.15) is 0 Å². The van der Waals surface area contributed by atoms with E-state index < -0.39 is 0 Å². The second kappa shape index (κ2) is 7.70. The maximum Gasteiger partial charge on any atom is 0.251 e. The van der Waals surface area contributed by atoms with Crippen molar-refractivity contribution in [3.05, 3.63) is 65.7 Å². The van der Waals surface area contributed by atoms with Crippen molar-refractivity contribution in [1.29, 1.82) is 0 Å². The Morgan fingerprint density at radius 2 is 1.88 bits per heavy atom. The molecule has 1 aliphatic carbocycles. The lowest BCUT2D eigenvalue weighted by Crippen LogP contribution is -2.48. The highest BCUT2D eigenvalue weighted by atomic mass is 16.3. The molecule has 3 rings (SSSR count). The minimum Gasteiger partial charge on any atom is -0.393 e. The van der Waals surface area contributed by atoms with Crippen molar-refractivity contribution in [2.75, 3.05) is 19.0 Å². The zero-order valence-corrected chi connectivity index (χ0v) is 14.9. The predicted molar refractivity (Wildman–Crippen MR) is 101 cm³/mol. The summed E-state index contributed by atoms with van der Waals surface area (Å²) in [7, 11) is 3.93. The number of carbonyl (C=O) groups excluding carboxylic acids is 1. The van der Waals surface area contributed by atoms with Crippen LogP contribution in [0.4, 0.5) is 5.69 Å². The van der Waals surface area contributed by atoms with Gasteiger partial charge in [-0.15, -0.1) is 0 Å². The van der Waals surface area contributed by atoms with Crippen LogP contribution in [0.3, 0.4) is 0 Å². The fraction of sp³-hybridized carbons (Fsp3) is 0.381. The summed E-state index contributed by atoms with van der Waals surface area (Å²) in [4.78, 5) is 14.7. The van der Waals surface area contributed by atoms with Crippen LogP contribution in [0.2, 0.25) is 0 Å². The lowest BCUT2D eigenvalue weighted by molar-refractivity contribution is 0.0239. The Kier molecular flexibility index (Phi) is 5.39. The number of rotatable bonds is 6. The van der Waals surface area contributed by atoms with Gasteiger partial charge in [-0.1, -0.05) is 36.4 Å². The van der Waals surface area contributed by atoms with Crippen molar-refractivity contribution in [3.63, 3.8) is 0 Å². The number of benzene rings is 2. The second-order valence-electron chi connectivity index (χ2n) is 7.10. The minimum atomic E-state index is -0.225. The number of nitrogens with zero attached hydrogens (tertiary/aromatic N) is 1. The molecule has 1 fully saturated rings. The van der Waals surface area contributed by atoms with Gasteiger partial charge >= 0.3 is 0 Å². The molecule has 0 saturated heterocycles. The molecule has 0 aromatic heterocycles. The first-order valence-corrected chi connectivity index (χ1v) is 8.83. The molecule has 0 heterocycles. The molecule has 132 valence electrons. The third kappa shape index (κ3) is 4.40. The Balaban J connectivity index is 1.73. The molecule has 4 nitrogen and oxygen atoms in total. The highest BCUT2D eigenvalue weighted by molar-refractivity contribution is 5.95. The van der Waals surface area contributed by atoms with Crippen LogP contribution in [-0.4, -0.2) is 37.3 Å². The zero-order chi connectivity index (χ0) is 17.8. The van der Waals surface area contributed by atoms with E-state index in [0.717, 1.165) is 24.9 Å². The number of anilines is 1. The minimum absolute atomic E-state index is 0.0429. The van der Waals surface area contributed by atoms with Gasteiger partial charge in [-0.3, -0.25) is 4.79 Å². The Morgan fingerprint density at radius 1 is 1.16 bits per heavy atom. The summed E-state index contributed by atoms with van der Waals surface area (Å²) in [6, 6.07) is 17.9. The smallest absolute Gasteiger partial charge is 0.251 e. The van der Waals surface area contributed by atoms with Crippen molar-refractivity contribution in [2.45, 2.75) is 31.4 Å². The Hall–Kier alpha value is -2.33. The second-order valence-corrected chi connectivity index (χ2v) is 7.10. The third-order valence-electron chi connectivity index (χ3n) is 4.96. The maximum atomic E-state index is 12.8. The predicted octanol–water partition coefficient (Wildman–Crippen LogP) is 2.86. The summed E-state index contributed by atoms with van der Waals surface area (Å²) in [5, 5.41) is 12.9. The number of aliphatic hydroxyl groups excluding tert-OH is 1. The quantitative estimate of drug-likeness (QED) is 0.851. The monoisotopic (exact) mass is 338 g/mol. The summed E-state index contributed by atoms with van der Waals surface area (Å²) < 4.78 is 0. The van der Waals surface area contributed by atoms with E-state index in [4.69, 9.17) is 0 Å². The van der Waals surface area contributed by atoms with Gasteiger partial charge in [-0.05, 0) is 48.9 Å². The maximum absolute atomic E-state index is 12.8. The lowest BCUT2D eigenvalue weighted by atomic mass is 9.75. The van der Waals surface area contributed by atoms with Gasteiger partial charge in [0.05, 0.1) is 6.10 Å². The van der Waals surface area contributed by atoms with Crippen LogP contribution >= 0.6 is 0 Å². The van der Waals surface area contributed by atoms with E-state index in [1.165, 1.54) is 5.56 Å². The van der Waals surface area contributed by atoms with Gasteiger partial charge in [0.1, 0.15) is 0 Å². The Morgan fingerprint density at radius 3 is 2.52 bits per heavy atom. The standard InChI is InChI=1S/C21H26N2O2/c1-23(2)18-10-6-9-16(12-18)21(25)22-20(17-13-19(24)14-17)11-15-7-4-3-5-8-15/h3-10,12,17,19-20,24H,11,13-14H2,1-2H3,(H,22,25)/t17?,19?,20-/m0/s1. The van der Waals surface area contributed by atoms with Crippen LogP contribution in [0.1, 0.15) is 28.8 Å². The van der Waals surface area contributed by atoms with Crippen molar-refractivity contribution < 1.29 is 9.90 Å². The molecule has 2 aromatic rings. The van der Waals surface area contributed by atoms with Crippen molar-refractivity contribution in [2.24, 2.45) is 5.92 Å². The zero-order valence-electron chi connectivity index (χ0n) is 14.9. The molecule has 0 bridgehead atoms. The first kappa shape index (κ1) is 17.5. The van der Waals surface area contributed by atoms with Crippen molar-refractivity contribution in [3.8, 4) is 0 Å². The van der Waals surface area contributed by atoms with Gasteiger partial charge in [0, 0.05) is 31.4 Å². The van der Waals surface area contributed by atoms with E-state index in [2.05, 4.69) is 17.4 Å². The van der Waals surface area contributed by atoms with Crippen LogP contribution in [0.25, 0.3) is 0 Å². The molecule has 2 N–H and O–H groups in total. The van der Waals surface area contributed by atoms with Crippen molar-refractivity contribution >= 4 is 11.6 Å². The van der Waals surface area contributed by atoms with Crippen LogP contribution in [0.5, 0.6) is 0 Å². The van der Waals surface area contributed by atoms with Crippen LogP contribution < -0.4 is 10.2 Å². The highest BCUT2D eigenvalue weighted by Gasteiger charge is 2.34. The number of hydrogen-bond donors (Lipinski definition) is 2. The first-order chi connectivity index (χ1) is 12.0. The van der Waals surface area contributed by atoms with E-state index in [0.29, 0.717) is 11.5 Å². The number of carbonyl (C=O) groups is 1. The molecular formula is C21H26N2O2. The Labute approximate surface area is 149 Å². The van der Waals surface area contributed by atoms with Crippen LogP contribution in [-0.2, 0) is 6.42 Å². The molecule has 2 aromatic carbocycles. The number of hydrogen-bond acceptors (Lipinski definition) is 3. The fourth-order valence-corrected chi connectivity index (χ4v) is 3.34. The number of aliphatic hydroxyl groups is 1. The van der Waals surface area contributed by atoms with Crippen molar-refractivity contribution in [1.82, 2.24) is 5.32 Å². The molecule has 1 aliphatic rings. The van der Waals surface area contributed by atoms with Gasteiger partial charge in [0.15, 0.2) is 0 Å². The molecule has 0 radical (unpaired) electrons. The Bertz CT molecular complexity index is 709. The highest BCUT2D eigenvalue weighted by Crippen LogP contribution is 2.32. The molecule has 4 heteroatoms. The van der Waals surface area contributed by atoms with Crippen LogP contribution in [0.15, 0.2) is 54.6 Å². The third-order valence-corrected chi connectivity index (χ3v) is 4.96. The summed E-state index contributed by atoms with van der Waals surface area (Å²) >= 11 is 0. The molecule has 1 amide bonds. The molecule has 1 saturated carbocycles. The summed E-state index contributed by atoms with van der Waals surface area (Å²) in [6.07, 6.45) is 2.08. The lowest BCUT2D eigenvalue weighted by Gasteiger charge is -2.38. The van der Waals surface area contributed by atoms with E-state index in [1.807, 2.05) is 61.5 Å². The van der Waals surface area contributed by atoms with E-state index >= 15 is 0 Å². The number of amides is 1. The van der Waals surface area contributed by atoms with Gasteiger partial charge in [0.2, 0.25) is 0 Å². The summed E-state index contributed by atoms with van der Waals surface area (Å²) in [5.74, 6) is 0.280. The molecule has 25 heavy (non-hydrogen) atoms. The molecule has 0 aliphatic heterocycles. The average Bonchev–Trinajstić information content (AvgIpc) is 2.59. The molecule has 0 spiro atoms. The van der Waals surface area contributed by atoms with E-state index in [-0.39, 0.29) is 18.1 Å². The normalized spacial score (nSPS) is 20.4. The average molecular weight is 338 g/mol. The summed E-state index contributed by atoms with van der Waals surface area (Å²) in [5.41, 5.74) is 2.88. The first-order valence-electron chi connectivity index (χ1n) is 8.83. The topological polar surface area (TPSA) is 52.6 Å². The number of nitrogens with one attached hydrogen (secondary N) is 1. The SMILES string of the molecule is CN(C)c1cccc(C(=O)N[C@@H](Cc2ccccc2)C2CC(O)C2)c1. The fourth-order valence-electron chi connectivity index (χ4n) is 3.34.